The highest BCUT2D eigenvalue weighted by molar-refractivity contribution is 6.97. The van der Waals surface area contributed by atoms with Crippen molar-refractivity contribution in [3.63, 3.8) is 0 Å². The molecule has 0 N–H and O–H groups in total. The van der Waals surface area contributed by atoms with E-state index in [2.05, 4.69) is 120 Å². The summed E-state index contributed by atoms with van der Waals surface area (Å²) in [6.45, 7) is 0.0990. The minimum atomic E-state index is 0.0990. The summed E-state index contributed by atoms with van der Waals surface area (Å²) >= 11 is 0. The molecule has 2 heterocycles. The predicted octanol–water partition coefficient (Wildman–Crippen LogP) is 4.53. The van der Waals surface area contributed by atoms with Crippen molar-refractivity contribution in [3.8, 4) is 0 Å². The average Bonchev–Trinajstić information content (AvgIpc) is 2.82. The zero-order valence-corrected chi connectivity index (χ0v) is 16.4. The van der Waals surface area contributed by atoms with E-state index in [1.807, 2.05) is 0 Å². The number of hydrogen-bond donors (Lipinski definition) is 0. The van der Waals surface area contributed by atoms with Gasteiger partial charge in [0.05, 0.1) is 5.52 Å². The molecule has 0 radical (unpaired) electrons. The number of benzene rings is 4. The van der Waals surface area contributed by atoms with Gasteiger partial charge in [-0.3, -0.25) is 4.98 Å². The first-order valence-electron chi connectivity index (χ1n) is 10.3. The second kappa shape index (κ2) is 6.89. The highest BCUT2D eigenvalue weighted by atomic mass is 15.1. The van der Waals surface area contributed by atoms with Crippen molar-refractivity contribution < 1.29 is 0 Å². The van der Waals surface area contributed by atoms with Crippen molar-refractivity contribution in [3.05, 3.63) is 115 Å². The van der Waals surface area contributed by atoms with Gasteiger partial charge in [-0.25, -0.2) is 0 Å². The van der Waals surface area contributed by atoms with E-state index in [4.69, 9.17) is 4.98 Å². The van der Waals surface area contributed by atoms with Crippen molar-refractivity contribution in [2.45, 2.75) is 0 Å². The number of rotatable bonds is 2. The summed E-state index contributed by atoms with van der Waals surface area (Å²) in [4.78, 5) is 7.44. The van der Waals surface area contributed by atoms with Gasteiger partial charge in [0.15, 0.2) is 0 Å². The zero-order chi connectivity index (χ0) is 19.9. The Morgan fingerprint density at radius 2 is 1.13 bits per heavy atom. The van der Waals surface area contributed by atoms with Gasteiger partial charge >= 0.3 is 0 Å². The molecule has 3 heteroatoms. The number of anilines is 3. The third-order valence-electron chi connectivity index (χ3n) is 5.91. The van der Waals surface area contributed by atoms with Crippen LogP contribution < -0.4 is 21.4 Å². The number of para-hydroxylation sites is 4. The molecule has 6 rings (SSSR count). The van der Waals surface area contributed by atoms with Crippen molar-refractivity contribution >= 4 is 51.2 Å². The van der Waals surface area contributed by atoms with Crippen LogP contribution in [-0.4, -0.2) is 11.7 Å². The first kappa shape index (κ1) is 17.1. The molecule has 1 aromatic heterocycles. The maximum absolute atomic E-state index is 5.08. The SMILES string of the molecule is c1ccc(N2c3ccccc3B(c3ccc4ccccc4n3)c3ccccc32)cc1. The van der Waals surface area contributed by atoms with Gasteiger partial charge in [0.25, 0.3) is 6.71 Å². The smallest absolute Gasteiger partial charge is 0.269 e. The van der Waals surface area contributed by atoms with Crippen molar-refractivity contribution in [1.82, 2.24) is 4.98 Å². The molecule has 0 amide bonds. The normalized spacial score (nSPS) is 12.5. The average molecular weight is 382 g/mol. The minimum Gasteiger partial charge on any atom is -0.312 e. The van der Waals surface area contributed by atoms with Crippen molar-refractivity contribution in [2.24, 2.45) is 0 Å². The van der Waals surface area contributed by atoms with E-state index < -0.39 is 0 Å². The fraction of sp³-hybridized carbons (Fsp3) is 0. The summed E-state index contributed by atoms with van der Waals surface area (Å²) in [6, 6.07) is 40.7. The molecular formula is C27H19BN2. The fourth-order valence-electron chi connectivity index (χ4n) is 4.58. The van der Waals surface area contributed by atoms with Gasteiger partial charge in [0.2, 0.25) is 0 Å². The Labute approximate surface area is 176 Å². The highest BCUT2D eigenvalue weighted by Crippen LogP contribution is 2.35. The lowest BCUT2D eigenvalue weighted by molar-refractivity contribution is 1.29. The van der Waals surface area contributed by atoms with Gasteiger partial charge in [-0.05, 0) is 47.3 Å². The molecule has 0 bridgehead atoms. The maximum atomic E-state index is 5.08. The van der Waals surface area contributed by atoms with E-state index in [9.17, 15) is 0 Å². The number of aromatic nitrogens is 1. The molecule has 0 spiro atoms. The van der Waals surface area contributed by atoms with Gasteiger partial charge in [-0.15, -0.1) is 0 Å². The van der Waals surface area contributed by atoms with Crippen LogP contribution in [0.1, 0.15) is 0 Å². The molecule has 5 aromatic rings. The Morgan fingerprint density at radius 3 is 1.87 bits per heavy atom. The second-order valence-electron chi connectivity index (χ2n) is 7.65. The maximum Gasteiger partial charge on any atom is 0.269 e. The lowest BCUT2D eigenvalue weighted by atomic mass is 9.36. The van der Waals surface area contributed by atoms with Crippen LogP contribution in [0.3, 0.4) is 0 Å². The van der Waals surface area contributed by atoms with Crippen LogP contribution in [-0.2, 0) is 0 Å². The fourth-order valence-corrected chi connectivity index (χ4v) is 4.58. The molecule has 1 aliphatic heterocycles. The molecule has 140 valence electrons. The second-order valence-corrected chi connectivity index (χ2v) is 7.65. The summed E-state index contributed by atoms with van der Waals surface area (Å²) in [5.74, 6) is 0. The van der Waals surface area contributed by atoms with Gasteiger partial charge in [0, 0.05) is 28.0 Å². The largest absolute Gasteiger partial charge is 0.312 e. The summed E-state index contributed by atoms with van der Waals surface area (Å²) in [5.41, 5.74) is 8.27. The molecular weight excluding hydrogens is 363 g/mol. The predicted molar refractivity (Wildman–Crippen MR) is 128 cm³/mol. The van der Waals surface area contributed by atoms with Gasteiger partial charge < -0.3 is 4.90 Å². The van der Waals surface area contributed by atoms with E-state index >= 15 is 0 Å². The number of nitrogens with zero attached hydrogens (tertiary/aromatic N) is 2. The Kier molecular flexibility index (Phi) is 3.92. The summed E-state index contributed by atoms with van der Waals surface area (Å²) in [6.07, 6.45) is 0. The first-order valence-corrected chi connectivity index (χ1v) is 10.3. The van der Waals surface area contributed by atoms with Crippen LogP contribution in [0.4, 0.5) is 17.1 Å². The Hall–Kier alpha value is -3.85. The van der Waals surface area contributed by atoms with Crippen molar-refractivity contribution in [1.29, 1.82) is 0 Å². The van der Waals surface area contributed by atoms with Crippen LogP contribution in [0.25, 0.3) is 10.9 Å². The number of hydrogen-bond acceptors (Lipinski definition) is 2. The molecule has 1 aliphatic rings. The van der Waals surface area contributed by atoms with E-state index in [-0.39, 0.29) is 6.71 Å². The van der Waals surface area contributed by atoms with Crippen LogP contribution in [0.15, 0.2) is 115 Å². The van der Waals surface area contributed by atoms with Gasteiger partial charge in [-0.2, -0.15) is 0 Å². The Balaban J connectivity index is 1.62. The molecule has 0 saturated carbocycles. The van der Waals surface area contributed by atoms with Crippen LogP contribution in [0, 0.1) is 0 Å². The molecule has 30 heavy (non-hydrogen) atoms. The quantitative estimate of drug-likeness (QED) is 0.409. The monoisotopic (exact) mass is 382 g/mol. The van der Waals surface area contributed by atoms with Crippen LogP contribution in [0.5, 0.6) is 0 Å². The summed E-state index contributed by atoms with van der Waals surface area (Å²) < 4.78 is 0. The van der Waals surface area contributed by atoms with E-state index in [1.54, 1.807) is 0 Å². The lowest BCUT2D eigenvalue weighted by Gasteiger charge is -2.36. The Morgan fingerprint density at radius 1 is 0.533 bits per heavy atom. The number of fused-ring (bicyclic) bond motifs is 3. The molecule has 0 fully saturated rings. The van der Waals surface area contributed by atoms with Gasteiger partial charge in [0.1, 0.15) is 0 Å². The van der Waals surface area contributed by atoms with E-state index in [0.29, 0.717) is 0 Å². The minimum absolute atomic E-state index is 0.0990. The molecule has 0 unspecified atom stereocenters. The van der Waals surface area contributed by atoms with Gasteiger partial charge in [-0.1, -0.05) is 78.9 Å². The summed E-state index contributed by atoms with van der Waals surface area (Å²) in [5, 5.41) is 1.17. The van der Waals surface area contributed by atoms with Crippen molar-refractivity contribution in [2.75, 3.05) is 4.90 Å². The van der Waals surface area contributed by atoms with E-state index in [1.165, 1.54) is 33.4 Å². The third kappa shape index (κ3) is 2.63. The standard InChI is InChI=1S/C27H19BN2/c1-2-11-21(12-3-1)30-25-16-8-5-13-22(25)28(23-14-6-9-17-26(23)30)27-19-18-20-10-4-7-15-24(20)29-27/h1-19H. The Bertz CT molecular complexity index is 1320. The molecule has 4 aromatic carbocycles. The van der Waals surface area contributed by atoms with E-state index in [0.717, 1.165) is 11.1 Å². The highest BCUT2D eigenvalue weighted by Gasteiger charge is 2.35. The summed E-state index contributed by atoms with van der Waals surface area (Å²) in [7, 11) is 0. The third-order valence-corrected chi connectivity index (χ3v) is 5.91. The molecule has 2 nitrogen and oxygen atoms in total. The molecule has 0 atom stereocenters. The lowest BCUT2D eigenvalue weighted by Crippen LogP contribution is -2.58. The number of pyridine rings is 1. The van der Waals surface area contributed by atoms with Crippen LogP contribution >= 0.6 is 0 Å². The molecule has 0 saturated heterocycles. The zero-order valence-electron chi connectivity index (χ0n) is 16.4. The topological polar surface area (TPSA) is 16.1 Å². The first-order chi connectivity index (χ1) is 14.9. The van der Waals surface area contributed by atoms with Crippen LogP contribution in [0.2, 0.25) is 0 Å². The molecule has 0 aliphatic carbocycles.